The lowest BCUT2D eigenvalue weighted by molar-refractivity contribution is -0.118. The van der Waals surface area contributed by atoms with Gasteiger partial charge in [-0.1, -0.05) is 47.3 Å². The van der Waals surface area contributed by atoms with E-state index in [1.807, 2.05) is 17.8 Å². The maximum absolute atomic E-state index is 11.7. The summed E-state index contributed by atoms with van der Waals surface area (Å²) >= 11 is 0. The largest absolute Gasteiger partial charge is 0.370 e. The number of unbranched alkanes of at least 4 members (excludes halogenated alkanes) is 1. The van der Waals surface area contributed by atoms with Gasteiger partial charge in [-0.25, -0.2) is 0 Å². The number of hydrogen-bond acceptors (Lipinski definition) is 7. The molecule has 0 radical (unpaired) electrons. The molecule has 5 nitrogen and oxygen atoms in total. The second kappa shape index (κ2) is 21.1. The smallest absolute Gasteiger partial charge is 0.146 e. The summed E-state index contributed by atoms with van der Waals surface area (Å²) in [5.41, 5.74) is 0. The quantitative estimate of drug-likeness (QED) is 0.158. The molecule has 0 saturated heterocycles. The number of ether oxygens (including phenoxy) is 2. The highest BCUT2D eigenvalue weighted by atomic mass is 33.1. The van der Waals surface area contributed by atoms with Gasteiger partial charge in [-0.05, 0) is 26.3 Å². The third-order valence-electron chi connectivity index (χ3n) is 3.52. The van der Waals surface area contributed by atoms with Gasteiger partial charge in [0.1, 0.15) is 18.3 Å². The average molecular weight is 405 g/mol. The summed E-state index contributed by atoms with van der Waals surface area (Å²) in [5.74, 6) is 8.62. The third kappa shape index (κ3) is 20.1. The van der Waals surface area contributed by atoms with Crippen LogP contribution in [0.5, 0.6) is 0 Å². The van der Waals surface area contributed by atoms with Crippen molar-refractivity contribution in [3.05, 3.63) is 0 Å². The first kappa shape index (κ1) is 25.8. The van der Waals surface area contributed by atoms with E-state index in [1.54, 1.807) is 10.8 Å². The minimum absolute atomic E-state index is 0.249. The Labute approximate surface area is 167 Å². The summed E-state index contributed by atoms with van der Waals surface area (Å²) in [7, 11) is 5.51. The Bertz CT molecular complexity index is 387. The van der Waals surface area contributed by atoms with Gasteiger partial charge in [-0.2, -0.15) is 0 Å². The van der Waals surface area contributed by atoms with E-state index < -0.39 is 0 Å². The van der Waals surface area contributed by atoms with Crippen LogP contribution in [0.25, 0.3) is 0 Å². The van der Waals surface area contributed by atoms with Crippen molar-refractivity contribution in [2.75, 3.05) is 58.2 Å². The van der Waals surface area contributed by atoms with Gasteiger partial charge in [-0.15, -0.1) is 0 Å². The van der Waals surface area contributed by atoms with Crippen molar-refractivity contribution in [1.29, 1.82) is 0 Å². The van der Waals surface area contributed by atoms with Gasteiger partial charge in [-0.3, -0.25) is 4.79 Å². The summed E-state index contributed by atoms with van der Waals surface area (Å²) in [4.78, 5) is 11.7. The van der Waals surface area contributed by atoms with Gasteiger partial charge in [0.2, 0.25) is 0 Å². The molecule has 0 saturated carbocycles. The zero-order valence-corrected chi connectivity index (χ0v) is 18.2. The lowest BCUT2D eigenvalue weighted by atomic mass is 10.1. The number of carbonyl (C=O) groups excluding carboxylic acids is 1. The van der Waals surface area contributed by atoms with Crippen LogP contribution in [0.15, 0.2) is 0 Å². The highest BCUT2D eigenvalue weighted by Crippen LogP contribution is 2.20. The van der Waals surface area contributed by atoms with E-state index in [0.717, 1.165) is 38.2 Å². The second-order valence-electron chi connectivity index (χ2n) is 5.93. The molecule has 0 amide bonds. The van der Waals surface area contributed by atoms with Crippen molar-refractivity contribution in [1.82, 2.24) is 10.6 Å². The molecule has 0 fully saturated rings. The molecule has 152 valence electrons. The Balaban J connectivity index is 3.26. The van der Waals surface area contributed by atoms with Crippen molar-refractivity contribution in [3.63, 3.8) is 0 Å². The SMILES string of the molecule is CCC(C)C#CCOCCNCC(=O)CCCCOCSSCCNC. The topological polar surface area (TPSA) is 59.6 Å². The first-order valence-corrected chi connectivity index (χ1v) is 11.9. The molecule has 0 aromatic rings. The number of nitrogens with one attached hydrogen (secondary N) is 2. The molecule has 0 heterocycles. The zero-order valence-electron chi connectivity index (χ0n) is 16.6. The van der Waals surface area contributed by atoms with E-state index in [2.05, 4.69) is 36.3 Å². The van der Waals surface area contributed by atoms with Gasteiger partial charge >= 0.3 is 0 Å². The molecular weight excluding hydrogens is 368 g/mol. The molecule has 0 aromatic carbocycles. The van der Waals surface area contributed by atoms with Crippen LogP contribution in [-0.4, -0.2) is 64.0 Å². The molecule has 0 aliphatic rings. The van der Waals surface area contributed by atoms with E-state index in [-0.39, 0.29) is 5.78 Å². The van der Waals surface area contributed by atoms with E-state index >= 15 is 0 Å². The van der Waals surface area contributed by atoms with Gasteiger partial charge in [0.25, 0.3) is 0 Å². The minimum Gasteiger partial charge on any atom is -0.370 e. The second-order valence-corrected chi connectivity index (χ2v) is 8.45. The van der Waals surface area contributed by atoms with Gasteiger partial charge in [0.05, 0.1) is 13.2 Å². The number of Topliss-reactive ketones (excluding diaryl/α,β-unsaturated/α-hetero) is 1. The Morgan fingerprint density at radius 1 is 1.15 bits per heavy atom. The third-order valence-corrected chi connectivity index (χ3v) is 5.61. The fourth-order valence-electron chi connectivity index (χ4n) is 1.76. The Morgan fingerprint density at radius 2 is 2.00 bits per heavy atom. The molecule has 0 rings (SSSR count). The lowest BCUT2D eigenvalue weighted by Crippen LogP contribution is -2.26. The standard InChI is InChI=1S/C19H36N2O3S2/c1-4-18(2)8-7-13-23-14-10-21-16-19(22)9-5-6-12-24-17-26-25-15-11-20-3/h18,20-21H,4-6,9-17H2,1-3H3. The van der Waals surface area contributed by atoms with Crippen LogP contribution < -0.4 is 10.6 Å². The molecule has 0 aliphatic carbocycles. The van der Waals surface area contributed by atoms with Crippen LogP contribution in [0.1, 0.15) is 39.5 Å². The predicted molar refractivity (Wildman–Crippen MR) is 115 cm³/mol. The molecule has 0 aliphatic heterocycles. The molecule has 26 heavy (non-hydrogen) atoms. The van der Waals surface area contributed by atoms with E-state index in [1.165, 1.54) is 0 Å². The fourth-order valence-corrected chi connectivity index (χ4v) is 3.43. The highest BCUT2D eigenvalue weighted by Gasteiger charge is 2.01. The lowest BCUT2D eigenvalue weighted by Gasteiger charge is -2.05. The molecule has 0 bridgehead atoms. The fraction of sp³-hybridized carbons (Fsp3) is 0.842. The van der Waals surface area contributed by atoms with E-state index in [4.69, 9.17) is 9.47 Å². The Kier molecular flexibility index (Phi) is 20.9. The average Bonchev–Trinajstić information content (AvgIpc) is 2.65. The monoisotopic (exact) mass is 404 g/mol. The normalized spacial score (nSPS) is 11.8. The minimum atomic E-state index is 0.249. The Morgan fingerprint density at radius 3 is 2.77 bits per heavy atom. The highest BCUT2D eigenvalue weighted by molar-refractivity contribution is 8.76. The summed E-state index contributed by atoms with van der Waals surface area (Å²) in [6.07, 6.45) is 3.50. The number of hydrogen-bond donors (Lipinski definition) is 2. The molecule has 1 unspecified atom stereocenters. The summed E-state index contributed by atoms with van der Waals surface area (Å²) in [6.45, 7) is 8.13. The number of ketones is 1. The van der Waals surface area contributed by atoms with Crippen molar-refractivity contribution in [3.8, 4) is 11.8 Å². The maximum atomic E-state index is 11.7. The van der Waals surface area contributed by atoms with Crippen molar-refractivity contribution in [2.24, 2.45) is 5.92 Å². The summed E-state index contributed by atoms with van der Waals surface area (Å²) < 4.78 is 10.9. The van der Waals surface area contributed by atoms with Gasteiger partial charge in [0, 0.05) is 37.8 Å². The number of rotatable bonds is 18. The maximum Gasteiger partial charge on any atom is 0.146 e. The molecule has 2 N–H and O–H groups in total. The van der Waals surface area contributed by atoms with Crippen molar-refractivity contribution < 1.29 is 14.3 Å². The number of carbonyl (C=O) groups is 1. The van der Waals surface area contributed by atoms with Crippen molar-refractivity contribution in [2.45, 2.75) is 39.5 Å². The van der Waals surface area contributed by atoms with E-state index in [0.29, 0.717) is 44.6 Å². The van der Waals surface area contributed by atoms with Crippen molar-refractivity contribution >= 4 is 27.4 Å². The molecule has 1 atom stereocenters. The van der Waals surface area contributed by atoms with Crippen LogP contribution in [0.4, 0.5) is 0 Å². The van der Waals surface area contributed by atoms with Crippen LogP contribution >= 0.6 is 21.6 Å². The van der Waals surface area contributed by atoms with Gasteiger partial charge in [0.15, 0.2) is 0 Å². The first-order valence-electron chi connectivity index (χ1n) is 9.46. The molecular formula is C19H36N2O3S2. The van der Waals surface area contributed by atoms with Crippen LogP contribution in [0.2, 0.25) is 0 Å². The van der Waals surface area contributed by atoms with Gasteiger partial charge < -0.3 is 20.1 Å². The zero-order chi connectivity index (χ0) is 19.3. The first-order chi connectivity index (χ1) is 12.7. The van der Waals surface area contributed by atoms with Crippen LogP contribution in [0.3, 0.4) is 0 Å². The van der Waals surface area contributed by atoms with E-state index in [9.17, 15) is 4.79 Å². The molecule has 0 spiro atoms. The predicted octanol–water partition coefficient (Wildman–Crippen LogP) is 2.96. The van der Waals surface area contributed by atoms with Crippen LogP contribution in [-0.2, 0) is 14.3 Å². The molecule has 7 heteroatoms. The molecule has 0 aromatic heterocycles. The Hall–Kier alpha value is -0.230. The summed E-state index contributed by atoms with van der Waals surface area (Å²) in [5, 5.41) is 6.22. The summed E-state index contributed by atoms with van der Waals surface area (Å²) in [6, 6.07) is 0. The van der Waals surface area contributed by atoms with Crippen LogP contribution in [0, 0.1) is 17.8 Å².